The third-order valence-corrected chi connectivity index (χ3v) is 11.6. The van der Waals surface area contributed by atoms with Crippen molar-refractivity contribution in [3.63, 3.8) is 0 Å². The van der Waals surface area contributed by atoms with E-state index in [9.17, 15) is 9.59 Å². The van der Waals surface area contributed by atoms with Crippen LogP contribution in [0.1, 0.15) is 78.3 Å². The number of aromatic nitrogens is 4. The molecule has 0 bridgehead atoms. The third kappa shape index (κ3) is 7.67. The largest absolute Gasteiger partial charge is 0.344 e. The second kappa shape index (κ2) is 16.3. The first-order valence-corrected chi connectivity index (χ1v) is 20.0. The van der Waals surface area contributed by atoms with Gasteiger partial charge in [0, 0.05) is 24.3 Å². The van der Waals surface area contributed by atoms with Gasteiger partial charge in [0.15, 0.2) is 0 Å². The molecule has 2 N–H and O–H groups in total. The van der Waals surface area contributed by atoms with Gasteiger partial charge in [-0.2, -0.15) is 0 Å². The molecule has 0 radical (unpaired) electrons. The lowest BCUT2D eigenvalue weighted by Gasteiger charge is -2.31. The van der Waals surface area contributed by atoms with Crippen molar-refractivity contribution in [2.75, 3.05) is 41.3 Å². The highest BCUT2D eigenvalue weighted by atomic mass is 16.2. The van der Waals surface area contributed by atoms with Crippen LogP contribution >= 0.6 is 0 Å². The molecule has 2 aliphatic rings. The zero-order chi connectivity index (χ0) is 39.6. The lowest BCUT2D eigenvalue weighted by Crippen LogP contribution is -2.40. The highest BCUT2D eigenvalue weighted by molar-refractivity contribution is 5.85. The number of likely N-dealkylation sites (N-methyl/N-ethyl adjacent to an activating group) is 2. The highest BCUT2D eigenvalue weighted by Gasteiger charge is 2.38. The number of rotatable bonds is 11. The number of carbonyl (C=O) groups excluding carboxylic acids is 2. The summed E-state index contributed by atoms with van der Waals surface area (Å²) in [6.07, 6.45) is 5.54. The summed E-state index contributed by atoms with van der Waals surface area (Å²) in [6, 6.07) is 36.2. The van der Waals surface area contributed by atoms with Crippen molar-refractivity contribution in [1.82, 2.24) is 39.5 Å². The van der Waals surface area contributed by atoms with Gasteiger partial charge in [-0.05, 0) is 88.6 Å². The normalized spacial score (nSPS) is 18.1. The standard InChI is InChI=1S/C47H52N8O2/c1-31-41(51-45(49-31)40-19-13-29-55(40)47(57)43(53(4)5)37-16-10-7-11-17-37)35-26-22-33(23-27-35)32-20-24-34(25-21-32)38-30-48-44(50-38)39-18-12-28-54(39)46(56)42(52(2)3)36-14-8-6-9-15-36/h6-11,14-17,20-27,30,39-40,42-43H,12-13,18-19,28-29H2,1-5H3,(H,48,50)(H,49,51)/t39-,40-,42+,43?/m0/s1. The Hall–Kier alpha value is -5.84. The summed E-state index contributed by atoms with van der Waals surface area (Å²) in [4.78, 5) is 52.9. The van der Waals surface area contributed by atoms with Gasteiger partial charge in [-0.1, -0.05) is 109 Å². The van der Waals surface area contributed by atoms with E-state index >= 15 is 0 Å². The molecule has 4 aromatic carbocycles. The van der Waals surface area contributed by atoms with Gasteiger partial charge in [-0.15, -0.1) is 0 Å². The van der Waals surface area contributed by atoms with Crippen molar-refractivity contribution in [2.45, 2.75) is 56.8 Å². The van der Waals surface area contributed by atoms with E-state index in [2.05, 4.69) is 65.4 Å². The predicted octanol–water partition coefficient (Wildman–Crippen LogP) is 8.38. The van der Waals surface area contributed by atoms with Crippen molar-refractivity contribution < 1.29 is 9.59 Å². The number of amides is 2. The van der Waals surface area contributed by atoms with Crippen LogP contribution in [0.15, 0.2) is 115 Å². The average molecular weight is 761 g/mol. The maximum absolute atomic E-state index is 14.0. The Labute approximate surface area is 335 Å². The predicted molar refractivity (Wildman–Crippen MR) is 225 cm³/mol. The van der Waals surface area contributed by atoms with E-state index in [0.717, 1.165) is 101 Å². The number of imidazole rings is 2. The molecule has 2 saturated heterocycles. The van der Waals surface area contributed by atoms with Crippen LogP contribution in [0.3, 0.4) is 0 Å². The van der Waals surface area contributed by atoms with Crippen molar-refractivity contribution in [3.8, 4) is 33.6 Å². The number of aryl methyl sites for hydroxylation is 1. The summed E-state index contributed by atoms with van der Waals surface area (Å²) in [5.41, 5.74) is 9.13. The fraction of sp³-hybridized carbons (Fsp3) is 0.319. The van der Waals surface area contributed by atoms with Gasteiger partial charge in [0.05, 0.1) is 29.7 Å². The van der Waals surface area contributed by atoms with Crippen molar-refractivity contribution in [1.29, 1.82) is 0 Å². The topological polar surface area (TPSA) is 104 Å². The SMILES string of the molecule is Cc1[nH]c([C@@H]2CCCN2C(=O)C(c2ccccc2)N(C)C)nc1-c1ccc(-c2ccc(-c3cnc([C@@H]4CCCN4C(=O)[C@@H](c4ccccc4)N(C)C)[nH]3)cc2)cc1. The van der Waals surface area contributed by atoms with E-state index in [4.69, 9.17) is 9.97 Å². The first kappa shape index (κ1) is 38.1. The van der Waals surface area contributed by atoms with Gasteiger partial charge in [0.1, 0.15) is 23.7 Å². The Balaban J connectivity index is 0.946. The van der Waals surface area contributed by atoms with E-state index < -0.39 is 0 Å². The summed E-state index contributed by atoms with van der Waals surface area (Å²) >= 11 is 0. The second-order valence-corrected chi connectivity index (χ2v) is 15.9. The van der Waals surface area contributed by atoms with Crippen LogP contribution < -0.4 is 0 Å². The maximum atomic E-state index is 14.0. The number of aromatic amines is 2. The van der Waals surface area contributed by atoms with Crippen LogP contribution in [0.4, 0.5) is 0 Å². The summed E-state index contributed by atoms with van der Waals surface area (Å²) < 4.78 is 0. The number of nitrogens with one attached hydrogen (secondary N) is 2. The molecule has 10 heteroatoms. The molecular formula is C47H52N8O2. The lowest BCUT2D eigenvalue weighted by atomic mass is 10.0. The number of nitrogens with zero attached hydrogens (tertiary/aromatic N) is 6. The molecular weight excluding hydrogens is 709 g/mol. The summed E-state index contributed by atoms with van der Waals surface area (Å²) in [7, 11) is 7.85. The van der Waals surface area contributed by atoms with E-state index in [1.165, 1.54) is 0 Å². The number of benzene rings is 4. The molecule has 4 heterocycles. The molecule has 4 atom stereocenters. The smallest absolute Gasteiger partial charge is 0.245 e. The first-order valence-electron chi connectivity index (χ1n) is 20.0. The van der Waals surface area contributed by atoms with Crippen LogP contribution in [-0.2, 0) is 9.59 Å². The van der Waals surface area contributed by atoms with Gasteiger partial charge in [0.25, 0.3) is 0 Å². The molecule has 57 heavy (non-hydrogen) atoms. The minimum absolute atomic E-state index is 0.0842. The second-order valence-electron chi connectivity index (χ2n) is 15.9. The summed E-state index contributed by atoms with van der Waals surface area (Å²) in [6.45, 7) is 3.50. The van der Waals surface area contributed by atoms with E-state index in [1.807, 2.05) is 115 Å². The van der Waals surface area contributed by atoms with Gasteiger partial charge < -0.3 is 19.8 Å². The zero-order valence-electron chi connectivity index (χ0n) is 33.5. The quantitative estimate of drug-likeness (QED) is 0.138. The zero-order valence-corrected chi connectivity index (χ0v) is 33.5. The fourth-order valence-electron chi connectivity index (χ4n) is 8.78. The molecule has 2 aliphatic heterocycles. The first-order chi connectivity index (χ1) is 27.7. The molecule has 1 unspecified atom stereocenters. The van der Waals surface area contributed by atoms with Gasteiger partial charge in [-0.3, -0.25) is 19.4 Å². The van der Waals surface area contributed by atoms with Gasteiger partial charge in [0.2, 0.25) is 11.8 Å². The third-order valence-electron chi connectivity index (χ3n) is 11.6. The minimum atomic E-state index is -0.345. The molecule has 2 fully saturated rings. The van der Waals surface area contributed by atoms with Crippen molar-refractivity contribution >= 4 is 11.8 Å². The minimum Gasteiger partial charge on any atom is -0.344 e. The molecule has 10 nitrogen and oxygen atoms in total. The van der Waals surface area contributed by atoms with Gasteiger partial charge in [-0.25, -0.2) is 9.97 Å². The maximum Gasteiger partial charge on any atom is 0.245 e. The number of H-pyrrole nitrogens is 2. The lowest BCUT2D eigenvalue weighted by molar-refractivity contribution is -0.138. The average Bonchev–Trinajstić information content (AvgIpc) is 4.06. The summed E-state index contributed by atoms with van der Waals surface area (Å²) in [5.74, 6) is 1.89. The Morgan fingerprint density at radius 1 is 0.614 bits per heavy atom. The fourth-order valence-corrected chi connectivity index (χ4v) is 8.78. The van der Waals surface area contributed by atoms with E-state index in [1.54, 1.807) is 0 Å². The van der Waals surface area contributed by atoms with Crippen molar-refractivity contribution in [3.05, 3.63) is 144 Å². The molecule has 2 aromatic heterocycles. The molecule has 0 saturated carbocycles. The van der Waals surface area contributed by atoms with E-state index in [-0.39, 0.29) is 36.0 Å². The molecule has 8 rings (SSSR count). The summed E-state index contributed by atoms with van der Waals surface area (Å²) in [5, 5.41) is 0. The monoisotopic (exact) mass is 760 g/mol. The Morgan fingerprint density at radius 2 is 1.07 bits per heavy atom. The molecule has 6 aromatic rings. The highest BCUT2D eigenvalue weighted by Crippen LogP contribution is 2.38. The van der Waals surface area contributed by atoms with Crippen LogP contribution in [0.2, 0.25) is 0 Å². The Morgan fingerprint density at radius 3 is 1.56 bits per heavy atom. The van der Waals surface area contributed by atoms with Crippen LogP contribution in [0.5, 0.6) is 0 Å². The van der Waals surface area contributed by atoms with Crippen LogP contribution in [0.25, 0.3) is 33.6 Å². The van der Waals surface area contributed by atoms with Crippen LogP contribution in [0, 0.1) is 6.92 Å². The number of hydrogen-bond donors (Lipinski definition) is 2. The number of carbonyl (C=O) groups is 2. The van der Waals surface area contributed by atoms with Crippen LogP contribution in [-0.4, -0.2) is 92.6 Å². The molecule has 2 amide bonds. The van der Waals surface area contributed by atoms with Gasteiger partial charge >= 0.3 is 0 Å². The molecule has 0 spiro atoms. The van der Waals surface area contributed by atoms with E-state index in [0.29, 0.717) is 0 Å². The Kier molecular flexibility index (Phi) is 10.9. The molecule has 0 aliphatic carbocycles. The number of hydrogen-bond acceptors (Lipinski definition) is 6. The Bertz CT molecular complexity index is 2300. The van der Waals surface area contributed by atoms with Crippen molar-refractivity contribution in [2.24, 2.45) is 0 Å². The number of likely N-dealkylation sites (tertiary alicyclic amines) is 2. The molecule has 292 valence electrons.